The molecule has 0 saturated carbocycles. The molecule has 7 heterocycles. The molecule has 4 aromatic heterocycles. The number of benzene rings is 1. The minimum absolute atomic E-state index is 0.0330. The molecule has 0 bridgehead atoms. The molecule has 30 nitrogen and oxygen atoms in total. The Hall–Kier alpha value is -5.11. The number of anilines is 2. The standard InChI is InChI=1S/C41H51F4N11O19P2S2/c1-18-23(42)25(44)33(26(45)24(18)43)73-22(58)3-5-65-7-9-67-11-13-68-12-10-66-8-6-64-4-2-21(57)50-27-31-19(71-38(27)55-16-48-28-34(55)51-40(46)53-36(28)60)14-69-77(63,79)75-32-20(15-70-76(62,78)74-31)72-39(30(32)59)56-17-49-29-35(56)52-41(47)54-37(29)61/h16-17,19-20,27,30-32,38-39,59H,2-15H2,1H3,(H,50,57)(H,62,78)(H,63,79)(H3,46,51,53,60)(H3,47,52,54,61)/t19-,20-,27?,30+,31+,32?,38-,39-,76?,77?/m1/s1. The number of carbonyl (C=O) groups excluding carboxylic acids is 2. The van der Waals surface area contributed by atoms with Crippen LogP contribution in [0.4, 0.5) is 29.5 Å². The highest BCUT2D eigenvalue weighted by Crippen LogP contribution is 2.58. The van der Waals surface area contributed by atoms with E-state index in [4.69, 9.17) is 74.5 Å². The molecule has 0 aliphatic carbocycles. The van der Waals surface area contributed by atoms with Gasteiger partial charge in [-0.15, -0.1) is 0 Å². The van der Waals surface area contributed by atoms with Gasteiger partial charge in [0.2, 0.25) is 35.2 Å². The largest absolute Gasteiger partial charge is 0.420 e. The zero-order chi connectivity index (χ0) is 56.8. The van der Waals surface area contributed by atoms with Gasteiger partial charge in [0.05, 0.1) is 98.4 Å². The van der Waals surface area contributed by atoms with Crippen molar-refractivity contribution < 1.29 is 97.7 Å². The average molecular weight is 1200 g/mol. The summed E-state index contributed by atoms with van der Waals surface area (Å²) in [6, 6.07) is -1.33. The average Bonchev–Trinajstić information content (AvgIpc) is 4.26. The van der Waals surface area contributed by atoms with Crippen LogP contribution in [-0.2, 0) is 77.2 Å². The van der Waals surface area contributed by atoms with E-state index in [0.717, 1.165) is 13.3 Å². The summed E-state index contributed by atoms with van der Waals surface area (Å²) in [5, 5.41) is 14.3. The number of thiol groups is 1. The van der Waals surface area contributed by atoms with E-state index in [-0.39, 0.29) is 107 Å². The van der Waals surface area contributed by atoms with Crippen LogP contribution in [-0.4, -0.2) is 177 Å². The first-order chi connectivity index (χ1) is 37.6. The Balaban J connectivity index is 0.791. The van der Waals surface area contributed by atoms with Gasteiger partial charge in [0.1, 0.15) is 36.6 Å². The molecule has 10 atom stereocenters. The summed E-state index contributed by atoms with van der Waals surface area (Å²) >= 11 is 9.58. The van der Waals surface area contributed by atoms with Crippen molar-refractivity contribution in [2.24, 2.45) is 0 Å². The van der Waals surface area contributed by atoms with E-state index >= 15 is 0 Å². The summed E-state index contributed by atoms with van der Waals surface area (Å²) in [5.74, 6) is -10.8. The zero-order valence-corrected chi connectivity index (χ0v) is 44.6. The number of hydrogen-bond donors (Lipinski definition) is 8. The summed E-state index contributed by atoms with van der Waals surface area (Å²) < 4.78 is 139. The van der Waals surface area contributed by atoms with Gasteiger partial charge in [0, 0.05) is 12.0 Å². The molecule has 1 aromatic carbocycles. The second-order valence-corrected chi connectivity index (χ2v) is 22.8. The van der Waals surface area contributed by atoms with Crippen LogP contribution in [0.2, 0.25) is 0 Å². The highest BCUT2D eigenvalue weighted by atomic mass is 32.7. The first-order valence-corrected chi connectivity index (χ1v) is 28.9. The summed E-state index contributed by atoms with van der Waals surface area (Å²) in [6.07, 6.45) is -8.64. The number of aliphatic hydroxyl groups is 1. The number of amides is 1. The SMILES string of the molecule is Cc1c(F)c(F)c(OC(=O)CCOCCOCCOCCOCCOCCC(=O)NC2[C@H]3OP(O)(=S)OC[C@H]4O[C@@H](n5cnc6c(=O)[nH]c(N)nc65)[C@@H](O)C4OP(=O)(S)OC[C@H]3O[C@H]2n2cnc3c(=O)[nH]c(N)nc32)c(F)c1F. The lowest BCUT2D eigenvalue weighted by Crippen LogP contribution is -2.48. The van der Waals surface area contributed by atoms with Gasteiger partial charge in [-0.2, -0.15) is 18.7 Å². The van der Waals surface area contributed by atoms with Crippen LogP contribution in [0.25, 0.3) is 22.3 Å². The predicted octanol–water partition coefficient (Wildman–Crippen LogP) is 0.463. The second kappa shape index (κ2) is 26.2. The van der Waals surface area contributed by atoms with Gasteiger partial charge < -0.3 is 73.7 Å². The fourth-order valence-corrected chi connectivity index (χ4v) is 11.0. The Morgan fingerprint density at radius 1 is 0.759 bits per heavy atom. The number of carbonyl (C=O) groups is 2. The minimum atomic E-state index is -4.52. The van der Waals surface area contributed by atoms with E-state index in [2.05, 4.69) is 52.2 Å². The highest BCUT2D eigenvalue weighted by molar-refractivity contribution is 8.44. The van der Waals surface area contributed by atoms with Crippen LogP contribution in [0.1, 0.15) is 30.9 Å². The number of nitrogens with two attached hydrogens (primary N) is 2. The minimum Gasteiger partial charge on any atom is -0.420 e. The molecule has 9 N–H and O–H groups in total. The van der Waals surface area contributed by atoms with E-state index in [0.29, 0.717) is 0 Å². The Bertz CT molecular complexity index is 3210. The van der Waals surface area contributed by atoms with Crippen LogP contribution in [0.15, 0.2) is 22.2 Å². The fourth-order valence-electron chi connectivity index (χ4n) is 8.11. The van der Waals surface area contributed by atoms with E-state index in [9.17, 15) is 51.3 Å². The maximum atomic E-state index is 13.9. The first-order valence-electron chi connectivity index (χ1n) is 23.6. The van der Waals surface area contributed by atoms with Gasteiger partial charge in [0.25, 0.3) is 11.1 Å². The van der Waals surface area contributed by atoms with Gasteiger partial charge in [0.15, 0.2) is 46.4 Å². The molecule has 8 rings (SSSR count). The number of ether oxygens (including phenoxy) is 8. The number of nitrogens with zero attached hydrogens (tertiary/aromatic N) is 6. The van der Waals surface area contributed by atoms with Crippen molar-refractivity contribution >= 4 is 83.7 Å². The number of hydrogen-bond acceptors (Lipinski definition) is 25. The number of aliphatic hydroxyl groups excluding tert-OH is 1. The van der Waals surface area contributed by atoms with Crippen molar-refractivity contribution in [2.75, 3.05) is 90.7 Å². The van der Waals surface area contributed by atoms with E-state index in [1.165, 1.54) is 15.5 Å². The van der Waals surface area contributed by atoms with Crippen molar-refractivity contribution in [3.8, 4) is 5.75 Å². The van der Waals surface area contributed by atoms with Crippen molar-refractivity contribution in [2.45, 2.75) is 68.8 Å². The number of H-pyrrole nitrogens is 2. The quantitative estimate of drug-likeness (QED) is 0.00887. The topological polar surface area (TPSA) is 394 Å². The van der Waals surface area contributed by atoms with Crippen LogP contribution < -0.4 is 32.6 Å². The lowest BCUT2D eigenvalue weighted by molar-refractivity contribution is -0.136. The van der Waals surface area contributed by atoms with E-state index in [1.54, 1.807) is 0 Å². The zero-order valence-electron chi connectivity index (χ0n) is 41.1. The third-order valence-corrected chi connectivity index (χ3v) is 15.0. The molecule has 3 fully saturated rings. The smallest absolute Gasteiger partial charge is 0.386 e. The Morgan fingerprint density at radius 2 is 1.23 bits per heavy atom. The van der Waals surface area contributed by atoms with Crippen molar-refractivity contribution in [3.63, 3.8) is 0 Å². The fraction of sp³-hybridized carbons (Fsp3) is 0.561. The number of aromatic amines is 2. The number of nitrogens with one attached hydrogen (secondary N) is 3. The van der Waals surface area contributed by atoms with Gasteiger partial charge in [-0.3, -0.25) is 47.3 Å². The number of halogens is 4. The van der Waals surface area contributed by atoms with Gasteiger partial charge in [-0.25, -0.2) is 23.3 Å². The third kappa shape index (κ3) is 14.5. The maximum Gasteiger partial charge on any atom is 0.386 e. The molecule has 79 heavy (non-hydrogen) atoms. The molecule has 3 saturated heterocycles. The van der Waals surface area contributed by atoms with Gasteiger partial charge >= 0.3 is 19.5 Å². The monoisotopic (exact) mass is 1200 g/mol. The number of fused-ring (bicyclic) bond motifs is 4. The van der Waals surface area contributed by atoms with Gasteiger partial charge in [-0.05, 0) is 18.7 Å². The Morgan fingerprint density at radius 3 is 1.77 bits per heavy atom. The predicted molar refractivity (Wildman–Crippen MR) is 266 cm³/mol. The molecule has 434 valence electrons. The first kappa shape index (κ1) is 60.0. The number of nitrogen functional groups attached to an aromatic ring is 2. The van der Waals surface area contributed by atoms with Crippen molar-refractivity contribution in [3.05, 3.63) is 62.2 Å². The summed E-state index contributed by atoms with van der Waals surface area (Å²) in [4.78, 5) is 83.4. The number of aromatic nitrogens is 8. The molecule has 3 aliphatic heterocycles. The molecule has 0 spiro atoms. The van der Waals surface area contributed by atoms with Crippen LogP contribution in [0, 0.1) is 30.2 Å². The number of esters is 1. The molecule has 38 heteroatoms. The molecule has 3 aliphatic rings. The molecule has 0 radical (unpaired) electrons. The molecule has 4 unspecified atom stereocenters. The summed E-state index contributed by atoms with van der Waals surface area (Å²) in [7, 11) is 0. The Labute approximate surface area is 451 Å². The molecular weight excluding hydrogens is 1150 g/mol. The van der Waals surface area contributed by atoms with Crippen LogP contribution in [0.5, 0.6) is 5.75 Å². The van der Waals surface area contributed by atoms with Gasteiger partial charge in [-0.1, -0.05) is 12.2 Å². The molecule has 5 aromatic rings. The van der Waals surface area contributed by atoms with Crippen LogP contribution in [0.3, 0.4) is 0 Å². The lowest BCUT2D eigenvalue weighted by Gasteiger charge is -2.31. The van der Waals surface area contributed by atoms with Crippen molar-refractivity contribution in [1.29, 1.82) is 0 Å². The third-order valence-electron chi connectivity index (χ3n) is 11.8. The normalized spacial score (nSPS) is 26.4. The van der Waals surface area contributed by atoms with Crippen LogP contribution >= 0.6 is 25.8 Å². The molecular formula is C41H51F4N11O19P2S2. The summed E-state index contributed by atoms with van der Waals surface area (Å²) in [6.45, 7) is -8.77. The molecule has 1 amide bonds. The maximum absolute atomic E-state index is 13.9. The number of imidazole rings is 2. The Kier molecular flexibility index (Phi) is 19.9. The second-order valence-electron chi connectivity index (χ2n) is 17.2. The van der Waals surface area contributed by atoms with Crippen molar-refractivity contribution in [1.82, 2.24) is 44.4 Å². The van der Waals surface area contributed by atoms with E-state index < -0.39 is 140 Å². The lowest BCUT2D eigenvalue weighted by atomic mass is 10.1. The summed E-state index contributed by atoms with van der Waals surface area (Å²) in [5.41, 5.74) is 8.85. The number of rotatable bonds is 22. The van der Waals surface area contributed by atoms with E-state index in [1.807, 2.05) is 0 Å². The highest BCUT2D eigenvalue weighted by Gasteiger charge is 2.54.